The number of rotatable bonds is 3. The first-order valence-electron chi connectivity index (χ1n) is 3.10. The third-order valence-electron chi connectivity index (χ3n) is 1.05. The average molecular weight is 165 g/mol. The minimum Gasteiger partial charge on any atom is -0.341 e. The quantitative estimate of drug-likeness (QED) is 0.445. The zero-order chi connectivity index (χ0) is 5.70. The summed E-state index contributed by atoms with van der Waals surface area (Å²) >= 11 is 0. The van der Waals surface area contributed by atoms with Crippen molar-refractivity contribution in [3.63, 3.8) is 0 Å². The molecular formula is C7H15Zn-. The van der Waals surface area contributed by atoms with E-state index >= 15 is 0 Å². The van der Waals surface area contributed by atoms with Gasteiger partial charge >= 0.3 is 0 Å². The zero-order valence-corrected chi connectivity index (χ0v) is 9.08. The standard InChI is InChI=1S/C7H15.Zn/c1-4-5-6-7(2)3;/h7H,2,4-6H2,1,3H3;/q-1;. The van der Waals surface area contributed by atoms with Gasteiger partial charge in [-0.3, -0.25) is 0 Å². The molecule has 0 radical (unpaired) electrons. The molecule has 0 bridgehead atoms. The van der Waals surface area contributed by atoms with Gasteiger partial charge in [0, 0.05) is 19.5 Å². The second-order valence-electron chi connectivity index (χ2n) is 2.25. The first-order chi connectivity index (χ1) is 3.27. The molecule has 0 amide bonds. The van der Waals surface area contributed by atoms with Crippen LogP contribution in [0.15, 0.2) is 0 Å². The molecule has 0 spiro atoms. The van der Waals surface area contributed by atoms with Gasteiger partial charge in [0.2, 0.25) is 0 Å². The molecule has 0 aromatic heterocycles. The molecule has 0 saturated heterocycles. The van der Waals surface area contributed by atoms with Crippen LogP contribution < -0.4 is 0 Å². The Bertz CT molecular complexity index is 33.4. The Morgan fingerprint density at radius 2 is 2.00 bits per heavy atom. The fraction of sp³-hybridized carbons (Fsp3) is 0.857. The van der Waals surface area contributed by atoms with Crippen LogP contribution in [0.25, 0.3) is 0 Å². The molecule has 1 heteroatoms. The zero-order valence-electron chi connectivity index (χ0n) is 6.11. The van der Waals surface area contributed by atoms with Crippen LogP contribution in [0, 0.1) is 12.8 Å². The Balaban J connectivity index is 0. The van der Waals surface area contributed by atoms with Gasteiger partial charge in [-0.15, -0.1) is 0 Å². The van der Waals surface area contributed by atoms with Crippen LogP contribution in [0.3, 0.4) is 0 Å². The molecule has 0 aliphatic rings. The Labute approximate surface area is 65.8 Å². The number of unbranched alkanes of at least 4 members (excludes halogenated alkanes) is 1. The summed E-state index contributed by atoms with van der Waals surface area (Å²) in [5.41, 5.74) is 0. The fourth-order valence-electron chi connectivity index (χ4n) is 0.553. The molecule has 0 aliphatic heterocycles. The maximum Gasteiger partial charge on any atom is 0 e. The first kappa shape index (κ1) is 11.4. The molecule has 0 fully saturated rings. The van der Waals surface area contributed by atoms with Crippen molar-refractivity contribution in [1.29, 1.82) is 0 Å². The maximum atomic E-state index is 3.88. The van der Waals surface area contributed by atoms with Gasteiger partial charge in [0.05, 0.1) is 0 Å². The minimum atomic E-state index is 0. The van der Waals surface area contributed by atoms with Crippen molar-refractivity contribution in [1.82, 2.24) is 0 Å². The van der Waals surface area contributed by atoms with Crippen LogP contribution in [0.1, 0.15) is 33.1 Å². The first-order valence-corrected chi connectivity index (χ1v) is 3.10. The summed E-state index contributed by atoms with van der Waals surface area (Å²) in [7, 11) is 0. The van der Waals surface area contributed by atoms with Gasteiger partial charge in [0.1, 0.15) is 0 Å². The molecule has 46 valence electrons. The van der Waals surface area contributed by atoms with Crippen molar-refractivity contribution in [2.24, 2.45) is 5.92 Å². The second-order valence-corrected chi connectivity index (χ2v) is 2.25. The van der Waals surface area contributed by atoms with E-state index in [1.54, 1.807) is 0 Å². The molecule has 0 rings (SSSR count). The van der Waals surface area contributed by atoms with E-state index in [2.05, 4.69) is 20.8 Å². The molecule has 0 aromatic rings. The van der Waals surface area contributed by atoms with E-state index < -0.39 is 0 Å². The summed E-state index contributed by atoms with van der Waals surface area (Å²) in [6, 6.07) is 0. The van der Waals surface area contributed by atoms with Gasteiger partial charge in [0.15, 0.2) is 0 Å². The van der Waals surface area contributed by atoms with E-state index in [1.807, 2.05) is 0 Å². The molecule has 0 heterocycles. The average Bonchev–Trinajstić information content (AvgIpc) is 1.61. The van der Waals surface area contributed by atoms with Crippen molar-refractivity contribution in [2.45, 2.75) is 33.1 Å². The monoisotopic (exact) mass is 163 g/mol. The van der Waals surface area contributed by atoms with Gasteiger partial charge < -0.3 is 6.92 Å². The third kappa shape index (κ3) is 9.80. The van der Waals surface area contributed by atoms with Crippen LogP contribution in [-0.4, -0.2) is 0 Å². The van der Waals surface area contributed by atoms with Gasteiger partial charge in [-0.2, -0.15) is 5.92 Å². The molecule has 0 aromatic carbocycles. The van der Waals surface area contributed by atoms with Crippen LogP contribution in [0.5, 0.6) is 0 Å². The van der Waals surface area contributed by atoms with Gasteiger partial charge in [-0.05, 0) is 0 Å². The summed E-state index contributed by atoms with van der Waals surface area (Å²) in [6.07, 6.45) is 3.93. The summed E-state index contributed by atoms with van der Waals surface area (Å²) in [5, 5.41) is 0. The smallest absolute Gasteiger partial charge is 0 e. The minimum absolute atomic E-state index is 0. The van der Waals surface area contributed by atoms with E-state index in [-0.39, 0.29) is 19.5 Å². The van der Waals surface area contributed by atoms with E-state index in [4.69, 9.17) is 0 Å². The molecule has 1 atom stereocenters. The SMILES string of the molecule is [CH2-]C(C)CCCC.[Zn]. The van der Waals surface area contributed by atoms with E-state index in [9.17, 15) is 0 Å². The van der Waals surface area contributed by atoms with Crippen molar-refractivity contribution in [3.8, 4) is 0 Å². The molecule has 1 unspecified atom stereocenters. The van der Waals surface area contributed by atoms with Crippen LogP contribution in [-0.2, 0) is 19.5 Å². The van der Waals surface area contributed by atoms with Crippen LogP contribution in [0.4, 0.5) is 0 Å². The van der Waals surface area contributed by atoms with Gasteiger partial charge in [0.25, 0.3) is 0 Å². The number of hydrogen-bond donors (Lipinski definition) is 0. The van der Waals surface area contributed by atoms with Gasteiger partial charge in [-0.1, -0.05) is 33.1 Å². The van der Waals surface area contributed by atoms with Crippen molar-refractivity contribution < 1.29 is 19.5 Å². The summed E-state index contributed by atoms with van der Waals surface area (Å²) in [6.45, 7) is 8.25. The molecule has 8 heavy (non-hydrogen) atoms. The summed E-state index contributed by atoms with van der Waals surface area (Å²) in [5.74, 6) is 0.653. The molecular weight excluding hydrogens is 149 g/mol. The van der Waals surface area contributed by atoms with Crippen molar-refractivity contribution >= 4 is 0 Å². The van der Waals surface area contributed by atoms with Crippen LogP contribution >= 0.6 is 0 Å². The number of hydrogen-bond acceptors (Lipinski definition) is 0. The summed E-state index contributed by atoms with van der Waals surface area (Å²) < 4.78 is 0. The van der Waals surface area contributed by atoms with Gasteiger partial charge in [-0.25, -0.2) is 0 Å². The van der Waals surface area contributed by atoms with E-state index in [0.717, 1.165) is 0 Å². The maximum absolute atomic E-state index is 3.88. The fourth-order valence-corrected chi connectivity index (χ4v) is 0.553. The van der Waals surface area contributed by atoms with E-state index in [1.165, 1.54) is 19.3 Å². The molecule has 0 saturated carbocycles. The third-order valence-corrected chi connectivity index (χ3v) is 1.05. The van der Waals surface area contributed by atoms with Crippen LogP contribution in [0.2, 0.25) is 0 Å². The molecule has 0 nitrogen and oxygen atoms in total. The van der Waals surface area contributed by atoms with E-state index in [0.29, 0.717) is 5.92 Å². The Morgan fingerprint density at radius 1 is 1.50 bits per heavy atom. The Kier molecular flexibility index (Phi) is 10.9. The normalized spacial score (nSPS) is 12.4. The summed E-state index contributed by atoms with van der Waals surface area (Å²) in [4.78, 5) is 0. The second kappa shape index (κ2) is 7.62. The predicted molar refractivity (Wildman–Crippen MR) is 34.0 cm³/mol. The molecule has 0 N–H and O–H groups in total. The Morgan fingerprint density at radius 3 is 2.12 bits per heavy atom. The topological polar surface area (TPSA) is 0 Å². The van der Waals surface area contributed by atoms with Crippen molar-refractivity contribution in [2.75, 3.05) is 0 Å². The van der Waals surface area contributed by atoms with Crippen molar-refractivity contribution in [3.05, 3.63) is 6.92 Å². The largest absolute Gasteiger partial charge is 0.341 e. The molecule has 0 aliphatic carbocycles. The Hall–Kier alpha value is 0.623. The predicted octanol–water partition coefficient (Wildman–Crippen LogP) is 2.64.